The number of amides is 12. The summed E-state index contributed by atoms with van der Waals surface area (Å²) in [6.07, 6.45) is 2.04. The van der Waals surface area contributed by atoms with Crippen molar-refractivity contribution in [1.29, 1.82) is 0 Å². The van der Waals surface area contributed by atoms with Gasteiger partial charge in [0.2, 0.25) is 0 Å². The summed E-state index contributed by atoms with van der Waals surface area (Å²) in [4.78, 5) is 87.1. The zero-order valence-electron chi connectivity index (χ0n) is 31.8. The average Bonchev–Trinajstić information content (AvgIpc) is 3.47. The third kappa shape index (κ3) is 22.8. The van der Waals surface area contributed by atoms with Crippen molar-refractivity contribution >= 4 is 63.7 Å². The van der Waals surface area contributed by atoms with Crippen molar-refractivity contribution in [3.63, 3.8) is 0 Å². The minimum atomic E-state index is -1.00. The smallest absolute Gasteiger partial charge is 0.870 e. The Bertz CT molecular complexity index is 1070. The van der Waals surface area contributed by atoms with Gasteiger partial charge in [0.15, 0.2) is 23.9 Å². The summed E-state index contributed by atoms with van der Waals surface area (Å²) in [6.45, 7) is 17.8. The molecule has 0 spiro atoms. The van der Waals surface area contributed by atoms with Gasteiger partial charge in [-0.2, -0.15) is 0 Å². The molecule has 6 N–H and O–H groups in total. The van der Waals surface area contributed by atoms with Gasteiger partial charge in [-0.05, 0) is 40.5 Å². The molecule has 0 aliphatic carbocycles. The van der Waals surface area contributed by atoms with Crippen molar-refractivity contribution in [3.8, 4) is 0 Å². The summed E-state index contributed by atoms with van der Waals surface area (Å²) in [5.41, 5.74) is -3.00. The van der Waals surface area contributed by atoms with Crippen LogP contribution in [0.1, 0.15) is 83.4 Å². The molecular formula is C27H47BrFK3N8O9. The molecule has 12 amide bonds. The molecule has 0 aromatic heterocycles. The maximum atomic E-state index is 11.5. The van der Waals surface area contributed by atoms with E-state index in [9.17, 15) is 42.7 Å². The molecule has 17 nitrogen and oxygen atoms in total. The fraction of sp³-hybridized carbons (Fsp3) is 0.704. The van der Waals surface area contributed by atoms with Crippen molar-refractivity contribution in [2.24, 2.45) is 0 Å². The zero-order valence-corrected chi connectivity index (χ0v) is 41.8. The van der Waals surface area contributed by atoms with Crippen LogP contribution in [0.15, 0.2) is 0 Å². The standard InChI is InChI=1S/C8H14N2O2.3C5H8N2O2.C3H7Br.CH3F.3K.H2O/c1-4-5-10-6(11)8(2,3)9-7(10)12;3*1-5(2)3(8)6-4(9)7-5;1-2-3-4;1-2;;;;/h4-5H2,1-3H3,(H,9,12);3*1-2H3,(H2,6,7,8,9);2-3H2,1H3;1H3;;;;1H2/q;;;;;;3*+1;/p-3/i;;;;;1D;;;;. The van der Waals surface area contributed by atoms with Crippen molar-refractivity contribution in [2.45, 2.75) is 104 Å². The minimum absolute atomic E-state index is 0. The molecule has 4 rings (SSSR count). The first-order valence-electron chi connectivity index (χ1n) is 14.4. The third-order valence-electron chi connectivity index (χ3n) is 5.62. The van der Waals surface area contributed by atoms with E-state index in [1.54, 1.807) is 55.4 Å². The zero-order chi connectivity index (χ0) is 36.7. The molecule has 4 heterocycles. The van der Waals surface area contributed by atoms with Crippen LogP contribution >= 0.6 is 15.9 Å². The van der Waals surface area contributed by atoms with Gasteiger partial charge < -0.3 is 37.4 Å². The number of rotatable bonds is 3. The maximum absolute atomic E-state index is 11.5. The Balaban J connectivity index is -0.000000119. The van der Waals surface area contributed by atoms with Crippen LogP contribution in [-0.4, -0.2) is 99.3 Å². The van der Waals surface area contributed by atoms with Gasteiger partial charge in [-0.1, -0.05) is 57.5 Å². The van der Waals surface area contributed by atoms with Gasteiger partial charge in [0.1, 0.15) is 11.1 Å². The first-order chi connectivity index (χ1) is 20.9. The molecule has 0 atom stereocenters. The Morgan fingerprint density at radius 1 is 0.694 bits per heavy atom. The van der Waals surface area contributed by atoms with Crippen LogP contribution < -0.4 is 181 Å². The number of urea groups is 4. The number of hydrogen-bond acceptors (Lipinski definition) is 9. The largest absolute Gasteiger partial charge is 1.00 e. The SMILES string of the molecule is CC1(C)NC(=O)NC1=O.CC1(C)NC(=O)[N-]C1=O.CC1(C)NC(=O)[N-]C1=O.CCCBr.CCCN1C(=O)NC(C)(C)C1=O.[2H]CF.[K+].[K+].[K+].[OH-]. The molecule has 0 aromatic rings. The summed E-state index contributed by atoms with van der Waals surface area (Å²) in [5.74, 6) is -1.19. The van der Waals surface area contributed by atoms with Gasteiger partial charge in [-0.25, -0.2) is 9.59 Å². The number of carbonyl (C=O) groups excluding carboxylic acids is 8. The number of carbonyl (C=O) groups is 8. The molecule has 0 aromatic carbocycles. The molecule has 4 aliphatic heterocycles. The Morgan fingerprint density at radius 3 is 1.18 bits per heavy atom. The Hall–Kier alpha value is 1.04. The van der Waals surface area contributed by atoms with Gasteiger partial charge in [0.05, 0.1) is 8.52 Å². The number of nitrogens with zero attached hydrogens (tertiary/aromatic N) is 3. The van der Waals surface area contributed by atoms with E-state index in [-0.39, 0.29) is 177 Å². The van der Waals surface area contributed by atoms with Gasteiger partial charge in [0.25, 0.3) is 11.8 Å². The van der Waals surface area contributed by atoms with E-state index in [0.717, 1.165) is 11.8 Å². The van der Waals surface area contributed by atoms with Crippen molar-refractivity contribution in [1.82, 2.24) is 31.5 Å². The number of alkyl halides is 2. The molecule has 4 fully saturated rings. The van der Waals surface area contributed by atoms with Crippen LogP contribution in [0, 0.1) is 0 Å². The van der Waals surface area contributed by atoms with Crippen LogP contribution in [0.5, 0.6) is 0 Å². The predicted molar refractivity (Wildman–Crippen MR) is 170 cm³/mol. The summed E-state index contributed by atoms with van der Waals surface area (Å²) in [5, 5.41) is 19.4. The van der Waals surface area contributed by atoms with Crippen molar-refractivity contribution in [3.05, 3.63) is 10.6 Å². The Morgan fingerprint density at radius 2 is 1.06 bits per heavy atom. The van der Waals surface area contributed by atoms with Gasteiger partial charge >= 0.3 is 166 Å². The van der Waals surface area contributed by atoms with Crippen LogP contribution in [0.4, 0.5) is 23.6 Å². The summed E-state index contributed by atoms with van der Waals surface area (Å²) in [7, 11) is -1.00. The van der Waals surface area contributed by atoms with E-state index in [2.05, 4.69) is 60.1 Å². The third-order valence-corrected chi connectivity index (χ3v) is 6.41. The van der Waals surface area contributed by atoms with Crippen LogP contribution in [0.2, 0.25) is 0 Å². The fourth-order valence-electron chi connectivity index (χ4n) is 3.04. The minimum Gasteiger partial charge on any atom is -0.870 e. The van der Waals surface area contributed by atoms with Gasteiger partial charge in [-0.3, -0.25) is 43.4 Å². The maximum Gasteiger partial charge on any atom is 1.00 e. The van der Waals surface area contributed by atoms with E-state index in [1.807, 2.05) is 6.92 Å². The van der Waals surface area contributed by atoms with Crippen molar-refractivity contribution < 1.29 is 204 Å². The molecular weight excluding hydrogens is 797 g/mol. The quantitative estimate of drug-likeness (QED) is 0.103. The topological polar surface area (TPSA) is 258 Å². The average molecular weight is 845 g/mol. The van der Waals surface area contributed by atoms with Crippen molar-refractivity contribution in [2.75, 3.05) is 19.0 Å². The molecule has 4 saturated heterocycles. The first-order valence-corrected chi connectivity index (χ1v) is 14.9. The van der Waals surface area contributed by atoms with E-state index in [1.165, 1.54) is 11.3 Å². The van der Waals surface area contributed by atoms with E-state index < -0.39 is 59.2 Å². The molecule has 0 bridgehead atoms. The second kappa shape index (κ2) is 28.5. The van der Waals surface area contributed by atoms with E-state index >= 15 is 0 Å². The molecule has 0 saturated carbocycles. The number of hydrogen-bond donors (Lipinski definition) is 5. The van der Waals surface area contributed by atoms with Gasteiger partial charge in [0, 0.05) is 23.0 Å². The Kier molecular flexibility index (Phi) is 34.5. The second-order valence-electron chi connectivity index (χ2n) is 11.7. The van der Waals surface area contributed by atoms with Crippen LogP contribution in [-0.2, 0) is 19.2 Å². The Labute approximate surface area is 425 Å². The van der Waals surface area contributed by atoms with Crippen LogP contribution in [0.3, 0.4) is 0 Å². The molecule has 22 heteroatoms. The van der Waals surface area contributed by atoms with E-state index in [0.29, 0.717) is 6.54 Å². The first kappa shape index (κ1) is 59.3. The monoisotopic (exact) mass is 843 g/mol. The number of nitrogens with one attached hydrogen (secondary N) is 5. The summed E-state index contributed by atoms with van der Waals surface area (Å²) in [6, 6.07) is -1.76. The second-order valence-corrected chi connectivity index (χ2v) is 12.5. The molecule has 0 unspecified atom stereocenters. The fourth-order valence-corrected chi connectivity index (χ4v) is 3.04. The normalized spacial score (nSPS) is 19.1. The number of halogens is 2. The van der Waals surface area contributed by atoms with Crippen LogP contribution in [0.25, 0.3) is 10.6 Å². The summed E-state index contributed by atoms with van der Waals surface area (Å²) >= 11 is 3.25. The summed E-state index contributed by atoms with van der Waals surface area (Å²) < 4.78 is 15.5. The van der Waals surface area contributed by atoms with Gasteiger partial charge in [-0.15, -0.1) is 0 Å². The predicted octanol–water partition coefficient (Wildman–Crippen LogP) is -5.68. The molecule has 0 radical (unpaired) electrons. The molecule has 49 heavy (non-hydrogen) atoms. The van der Waals surface area contributed by atoms with E-state index in [4.69, 9.17) is 1.37 Å². The number of imide groups is 4. The molecule has 4 aliphatic rings. The molecule has 266 valence electrons.